The highest BCUT2D eigenvalue weighted by molar-refractivity contribution is 5.83. The van der Waals surface area contributed by atoms with Crippen LogP contribution in [0.4, 0.5) is 5.82 Å². The van der Waals surface area contributed by atoms with Crippen LogP contribution in [0.5, 0.6) is 0 Å². The van der Waals surface area contributed by atoms with E-state index in [2.05, 4.69) is 32.1 Å². The number of ether oxygens (including phenoxy) is 1. The Bertz CT molecular complexity index is 1090. The van der Waals surface area contributed by atoms with Gasteiger partial charge in [0.25, 0.3) is 0 Å². The van der Waals surface area contributed by atoms with Gasteiger partial charge < -0.3 is 25.4 Å². The molecule has 156 valence electrons. The van der Waals surface area contributed by atoms with E-state index < -0.39 is 31.1 Å². The Hall–Kier alpha value is -3.03. The number of rotatable bonds is 4. The van der Waals surface area contributed by atoms with Gasteiger partial charge in [0.2, 0.25) is 5.82 Å². The summed E-state index contributed by atoms with van der Waals surface area (Å²) in [5, 5.41) is 33.1. The molecule has 30 heavy (non-hydrogen) atoms. The van der Waals surface area contributed by atoms with Gasteiger partial charge in [-0.1, -0.05) is 24.1 Å². The summed E-state index contributed by atoms with van der Waals surface area (Å²) in [5.74, 6) is 6.79. The lowest BCUT2D eigenvalue weighted by molar-refractivity contribution is -0.0511. The van der Waals surface area contributed by atoms with Crippen LogP contribution in [-0.4, -0.2) is 65.8 Å². The molecular weight excluding hydrogens is 386 g/mol. The first-order valence-corrected chi connectivity index (χ1v) is 9.68. The van der Waals surface area contributed by atoms with Gasteiger partial charge in [-0.05, 0) is 31.9 Å². The second-order valence-corrected chi connectivity index (χ2v) is 7.36. The number of aliphatic hydroxyl groups excluding tert-OH is 3. The van der Waals surface area contributed by atoms with E-state index in [-0.39, 0.29) is 11.9 Å². The molecule has 1 fully saturated rings. The predicted molar refractivity (Wildman–Crippen MR) is 110 cm³/mol. The monoisotopic (exact) mass is 409 g/mol. The number of anilines is 1. The summed E-state index contributed by atoms with van der Waals surface area (Å²) < 4.78 is 7.16. The zero-order chi connectivity index (χ0) is 21.3. The number of nitrogens with zero attached hydrogens (tertiary/aromatic N) is 4. The van der Waals surface area contributed by atoms with Crippen molar-refractivity contribution in [2.75, 3.05) is 11.9 Å². The summed E-state index contributed by atoms with van der Waals surface area (Å²) in [6.45, 7) is 3.54. The molecule has 1 aliphatic heterocycles. The molecule has 2 aromatic heterocycles. The number of nitrogens with one attached hydrogen (secondary N) is 1. The minimum absolute atomic E-state index is 0.0945. The molecule has 0 aliphatic carbocycles. The quantitative estimate of drug-likeness (QED) is 0.463. The summed E-state index contributed by atoms with van der Waals surface area (Å²) >= 11 is 0. The summed E-state index contributed by atoms with van der Waals surface area (Å²) in [4.78, 5) is 13.4. The van der Waals surface area contributed by atoms with Gasteiger partial charge in [0.05, 0.1) is 12.9 Å². The van der Waals surface area contributed by atoms with E-state index in [0.717, 1.165) is 5.56 Å². The van der Waals surface area contributed by atoms with Gasteiger partial charge in [-0.3, -0.25) is 4.57 Å². The zero-order valence-corrected chi connectivity index (χ0v) is 16.6. The molecule has 1 aromatic carbocycles. The molecule has 4 rings (SSSR count). The molecule has 4 N–H and O–H groups in total. The lowest BCUT2D eigenvalue weighted by atomic mass is 10.1. The molecule has 1 aliphatic rings. The minimum Gasteiger partial charge on any atom is -0.394 e. The van der Waals surface area contributed by atoms with Crippen LogP contribution >= 0.6 is 0 Å². The highest BCUT2D eigenvalue weighted by Gasteiger charge is 2.44. The van der Waals surface area contributed by atoms with Crippen LogP contribution in [0.1, 0.15) is 31.5 Å². The van der Waals surface area contributed by atoms with Crippen molar-refractivity contribution >= 4 is 17.0 Å². The Morgan fingerprint density at radius 2 is 1.90 bits per heavy atom. The number of hydrogen-bond acceptors (Lipinski definition) is 8. The smallest absolute Gasteiger partial charge is 0.209 e. The Kier molecular flexibility index (Phi) is 5.65. The van der Waals surface area contributed by atoms with Gasteiger partial charge >= 0.3 is 0 Å². The molecule has 3 heterocycles. The van der Waals surface area contributed by atoms with Crippen molar-refractivity contribution in [1.29, 1.82) is 0 Å². The molecule has 3 aromatic rings. The zero-order valence-electron chi connectivity index (χ0n) is 16.6. The third-order valence-corrected chi connectivity index (χ3v) is 4.73. The van der Waals surface area contributed by atoms with Crippen LogP contribution < -0.4 is 5.32 Å². The molecule has 4 atom stereocenters. The number of aromatic nitrogens is 4. The SMILES string of the molecule is CC(C)Nc1nc(C#Cc2ccccc2)nc2c1ncn2[C@@H]1O[C@H](CO)[C@@H](O)[C@H]1O. The number of fused-ring (bicyclic) bond motifs is 1. The van der Waals surface area contributed by atoms with Crippen LogP contribution in [-0.2, 0) is 4.74 Å². The summed E-state index contributed by atoms with van der Waals surface area (Å²) in [7, 11) is 0. The number of imidazole rings is 1. The van der Waals surface area contributed by atoms with E-state index in [0.29, 0.717) is 17.0 Å². The van der Waals surface area contributed by atoms with Crippen molar-refractivity contribution in [1.82, 2.24) is 19.5 Å². The van der Waals surface area contributed by atoms with E-state index in [9.17, 15) is 15.3 Å². The maximum absolute atomic E-state index is 10.4. The van der Waals surface area contributed by atoms with Crippen molar-refractivity contribution in [3.63, 3.8) is 0 Å². The first-order valence-electron chi connectivity index (χ1n) is 9.68. The topological polar surface area (TPSA) is 126 Å². The molecule has 0 spiro atoms. The number of hydrogen-bond donors (Lipinski definition) is 4. The second-order valence-electron chi connectivity index (χ2n) is 7.36. The lowest BCUT2D eigenvalue weighted by Crippen LogP contribution is -2.33. The Morgan fingerprint density at radius 1 is 1.13 bits per heavy atom. The van der Waals surface area contributed by atoms with E-state index in [1.54, 1.807) is 0 Å². The largest absolute Gasteiger partial charge is 0.394 e. The summed E-state index contributed by atoms with van der Waals surface area (Å²) in [5.41, 5.74) is 1.73. The van der Waals surface area contributed by atoms with Crippen LogP contribution in [0.15, 0.2) is 36.7 Å². The van der Waals surface area contributed by atoms with E-state index in [4.69, 9.17) is 4.74 Å². The molecule has 9 nitrogen and oxygen atoms in total. The van der Waals surface area contributed by atoms with Gasteiger partial charge in [-0.25, -0.2) is 15.0 Å². The van der Waals surface area contributed by atoms with Crippen molar-refractivity contribution in [3.05, 3.63) is 48.0 Å². The first kappa shape index (κ1) is 20.3. The summed E-state index contributed by atoms with van der Waals surface area (Å²) in [6.07, 6.45) is -2.83. The van der Waals surface area contributed by atoms with Gasteiger partial charge in [0, 0.05) is 11.6 Å². The van der Waals surface area contributed by atoms with Gasteiger partial charge in [0.15, 0.2) is 23.2 Å². The van der Waals surface area contributed by atoms with Gasteiger partial charge in [-0.15, -0.1) is 0 Å². The van der Waals surface area contributed by atoms with Crippen LogP contribution in [0.2, 0.25) is 0 Å². The maximum atomic E-state index is 10.4. The fourth-order valence-corrected chi connectivity index (χ4v) is 3.29. The highest BCUT2D eigenvalue weighted by atomic mass is 16.6. The van der Waals surface area contributed by atoms with E-state index in [1.165, 1.54) is 10.9 Å². The van der Waals surface area contributed by atoms with Crippen LogP contribution in [0, 0.1) is 11.8 Å². The van der Waals surface area contributed by atoms with Crippen LogP contribution in [0.25, 0.3) is 11.2 Å². The number of aliphatic hydroxyl groups is 3. The normalized spacial score (nSPS) is 23.5. The average Bonchev–Trinajstić information content (AvgIpc) is 3.28. The number of benzene rings is 1. The standard InChI is InChI=1S/C21H23N5O4/c1-12(2)23-19-16-20(25-15(24-19)9-8-13-6-4-3-5-7-13)26(11-22-16)21-18(29)17(28)14(10-27)30-21/h3-7,11-12,14,17-18,21,27-29H,10H2,1-2H3,(H,23,24,25)/t14-,17-,18-,21-/m1/s1. The summed E-state index contributed by atoms with van der Waals surface area (Å²) in [6, 6.07) is 9.59. The van der Waals surface area contributed by atoms with Crippen molar-refractivity contribution in [2.45, 2.75) is 44.4 Å². The molecule has 0 amide bonds. The van der Waals surface area contributed by atoms with Gasteiger partial charge in [0.1, 0.15) is 18.3 Å². The fourth-order valence-electron chi connectivity index (χ4n) is 3.29. The fraction of sp³-hybridized carbons (Fsp3) is 0.381. The van der Waals surface area contributed by atoms with E-state index in [1.807, 2.05) is 44.2 Å². The molecule has 0 radical (unpaired) electrons. The Morgan fingerprint density at radius 3 is 2.57 bits per heavy atom. The van der Waals surface area contributed by atoms with Gasteiger partial charge in [-0.2, -0.15) is 0 Å². The average molecular weight is 409 g/mol. The Balaban J connectivity index is 1.79. The maximum Gasteiger partial charge on any atom is 0.209 e. The second kappa shape index (κ2) is 8.38. The predicted octanol–water partition coefficient (Wildman–Crippen LogP) is 0.658. The van der Waals surface area contributed by atoms with Crippen molar-refractivity contribution in [2.24, 2.45) is 0 Å². The third kappa shape index (κ3) is 3.86. The van der Waals surface area contributed by atoms with E-state index >= 15 is 0 Å². The third-order valence-electron chi connectivity index (χ3n) is 4.73. The van der Waals surface area contributed by atoms with Crippen molar-refractivity contribution < 1.29 is 20.1 Å². The molecule has 1 saturated heterocycles. The van der Waals surface area contributed by atoms with Crippen LogP contribution in [0.3, 0.4) is 0 Å². The molecule has 0 bridgehead atoms. The minimum atomic E-state index is -1.24. The lowest BCUT2D eigenvalue weighted by Gasteiger charge is -2.17. The first-order chi connectivity index (χ1) is 14.5. The molecule has 9 heteroatoms. The molecule has 0 saturated carbocycles. The molecule has 0 unspecified atom stereocenters. The Labute approximate surface area is 173 Å². The van der Waals surface area contributed by atoms with Crippen molar-refractivity contribution in [3.8, 4) is 11.8 Å². The molecular formula is C21H23N5O4. The highest BCUT2D eigenvalue weighted by Crippen LogP contribution is 2.32.